The zero-order valence-corrected chi connectivity index (χ0v) is 21.8. The first-order valence-corrected chi connectivity index (χ1v) is 11.7. The average Bonchev–Trinajstić information content (AvgIpc) is 2.74. The molecule has 0 saturated heterocycles. The van der Waals surface area contributed by atoms with Crippen LogP contribution in [0.15, 0.2) is 42.5 Å². The summed E-state index contributed by atoms with van der Waals surface area (Å²) in [4.78, 5) is 2.11. The van der Waals surface area contributed by atoms with Gasteiger partial charge in [-0.15, -0.1) is 0 Å². The average molecular weight is 458 g/mol. The maximum atomic E-state index is 10.4. The molecule has 2 aromatic rings. The van der Waals surface area contributed by atoms with E-state index in [-0.39, 0.29) is 17.4 Å². The van der Waals surface area contributed by atoms with E-state index in [1.807, 2.05) is 37.4 Å². The molecule has 5 nitrogen and oxygen atoms in total. The molecule has 5 heteroatoms. The molecule has 0 aliphatic rings. The fourth-order valence-corrected chi connectivity index (χ4v) is 4.48. The third kappa shape index (κ3) is 8.90. The molecular formula is C28H43NO4. The Bertz CT molecular complexity index is 855. The van der Waals surface area contributed by atoms with E-state index in [4.69, 9.17) is 14.2 Å². The maximum Gasteiger partial charge on any atom is 0.160 e. The molecule has 0 aliphatic heterocycles. The van der Waals surface area contributed by atoms with Crippen LogP contribution in [0.3, 0.4) is 0 Å². The molecule has 2 rings (SSSR count). The van der Waals surface area contributed by atoms with E-state index in [9.17, 15) is 5.11 Å². The van der Waals surface area contributed by atoms with Crippen molar-refractivity contribution in [2.24, 2.45) is 5.41 Å². The Morgan fingerprint density at radius 1 is 0.909 bits per heavy atom. The van der Waals surface area contributed by atoms with Crippen molar-refractivity contribution in [3.63, 3.8) is 0 Å². The highest BCUT2D eigenvalue weighted by atomic mass is 16.5. The predicted molar refractivity (Wildman–Crippen MR) is 136 cm³/mol. The Morgan fingerprint density at radius 3 is 2.12 bits per heavy atom. The van der Waals surface area contributed by atoms with Crippen LogP contribution < -0.4 is 14.2 Å². The molecule has 1 N–H and O–H groups in total. The minimum absolute atomic E-state index is 0.104. The topological polar surface area (TPSA) is 51.2 Å². The fourth-order valence-electron chi connectivity index (χ4n) is 4.48. The van der Waals surface area contributed by atoms with Crippen molar-refractivity contribution in [1.29, 1.82) is 0 Å². The maximum absolute atomic E-state index is 10.4. The van der Waals surface area contributed by atoms with Gasteiger partial charge in [0, 0.05) is 13.1 Å². The van der Waals surface area contributed by atoms with Gasteiger partial charge >= 0.3 is 0 Å². The minimum Gasteiger partial charge on any atom is -0.493 e. The number of methoxy groups -OCH3 is 2. The van der Waals surface area contributed by atoms with Crippen molar-refractivity contribution < 1.29 is 19.3 Å². The molecule has 0 aromatic heterocycles. The smallest absolute Gasteiger partial charge is 0.160 e. The summed E-state index contributed by atoms with van der Waals surface area (Å²) in [6.07, 6.45) is 1.41. The number of ether oxygens (including phenoxy) is 3. The van der Waals surface area contributed by atoms with E-state index in [0.29, 0.717) is 6.54 Å². The number of rotatable bonds is 12. The highest BCUT2D eigenvalue weighted by Crippen LogP contribution is 2.36. The number of aliphatic hydroxyl groups is 1. The Hall–Kier alpha value is -2.24. The highest BCUT2D eigenvalue weighted by Gasteiger charge is 2.27. The molecule has 0 bridgehead atoms. The van der Waals surface area contributed by atoms with Crippen LogP contribution in [0.4, 0.5) is 0 Å². The molecule has 1 atom stereocenters. The monoisotopic (exact) mass is 457 g/mol. The van der Waals surface area contributed by atoms with E-state index in [1.54, 1.807) is 14.2 Å². The Kier molecular flexibility index (Phi) is 9.62. The second-order valence-electron chi connectivity index (χ2n) is 10.8. The van der Waals surface area contributed by atoms with Crippen LogP contribution in [0.1, 0.15) is 52.2 Å². The fraction of sp³-hybridized carbons (Fsp3) is 0.571. The van der Waals surface area contributed by atoms with Gasteiger partial charge in [-0.25, -0.2) is 0 Å². The van der Waals surface area contributed by atoms with Crippen LogP contribution in [0.2, 0.25) is 0 Å². The van der Waals surface area contributed by atoms with Gasteiger partial charge in [0.15, 0.2) is 11.5 Å². The molecule has 0 spiro atoms. The molecule has 2 aromatic carbocycles. The van der Waals surface area contributed by atoms with E-state index >= 15 is 0 Å². The van der Waals surface area contributed by atoms with E-state index < -0.39 is 6.10 Å². The summed E-state index contributed by atoms with van der Waals surface area (Å²) in [6.45, 7) is 13.0. The molecule has 0 saturated carbocycles. The quantitative estimate of drug-likeness (QED) is 0.467. The zero-order chi connectivity index (χ0) is 24.6. The first kappa shape index (κ1) is 27.0. The first-order chi connectivity index (χ1) is 15.4. The minimum atomic E-state index is -0.558. The molecule has 0 unspecified atom stereocenters. The lowest BCUT2D eigenvalue weighted by Gasteiger charge is -2.33. The lowest BCUT2D eigenvalue weighted by Crippen LogP contribution is -2.34. The molecule has 0 fully saturated rings. The van der Waals surface area contributed by atoms with E-state index in [0.717, 1.165) is 36.6 Å². The van der Waals surface area contributed by atoms with Gasteiger partial charge in [0.25, 0.3) is 0 Å². The molecule has 0 heterocycles. The summed E-state index contributed by atoms with van der Waals surface area (Å²) in [5.74, 6) is 2.25. The molecule has 0 radical (unpaired) electrons. The van der Waals surface area contributed by atoms with E-state index in [1.165, 1.54) is 11.1 Å². The van der Waals surface area contributed by atoms with Crippen molar-refractivity contribution in [1.82, 2.24) is 4.90 Å². The van der Waals surface area contributed by atoms with Gasteiger partial charge in [0.1, 0.15) is 18.5 Å². The van der Waals surface area contributed by atoms with Gasteiger partial charge in [0.05, 0.1) is 14.2 Å². The SMILES string of the molecule is COc1ccc(CCN(C)C[C@H](O)COc2ccc(C(C)(C)CC(C)(C)C)cc2)cc1OC. The Balaban J connectivity index is 1.80. The molecule has 0 aliphatic carbocycles. The predicted octanol–water partition coefficient (Wildman–Crippen LogP) is 5.33. The number of hydrogen-bond donors (Lipinski definition) is 1. The Morgan fingerprint density at radius 2 is 1.55 bits per heavy atom. The summed E-state index contributed by atoms with van der Waals surface area (Å²) in [6, 6.07) is 14.3. The van der Waals surface area contributed by atoms with Crippen molar-refractivity contribution in [3.05, 3.63) is 53.6 Å². The Labute approximate surface area is 200 Å². The first-order valence-electron chi connectivity index (χ1n) is 11.7. The summed E-state index contributed by atoms with van der Waals surface area (Å²) < 4.78 is 16.5. The van der Waals surface area contributed by atoms with Crippen LogP contribution in [0, 0.1) is 5.41 Å². The summed E-state index contributed by atoms with van der Waals surface area (Å²) in [7, 11) is 5.29. The van der Waals surface area contributed by atoms with Crippen LogP contribution in [0.5, 0.6) is 17.2 Å². The van der Waals surface area contributed by atoms with Gasteiger partial charge in [-0.3, -0.25) is 0 Å². The third-order valence-electron chi connectivity index (χ3n) is 5.80. The summed E-state index contributed by atoms with van der Waals surface area (Å²) in [5.41, 5.74) is 2.85. The second-order valence-corrected chi connectivity index (χ2v) is 10.8. The van der Waals surface area contributed by atoms with Crippen LogP contribution in [0.25, 0.3) is 0 Å². The molecular weight excluding hydrogens is 414 g/mol. The number of benzene rings is 2. The normalized spacial score (nSPS) is 13.2. The van der Waals surface area contributed by atoms with Crippen LogP contribution in [-0.4, -0.2) is 57.1 Å². The van der Waals surface area contributed by atoms with Gasteiger partial charge in [0.2, 0.25) is 0 Å². The van der Waals surface area contributed by atoms with Crippen molar-refractivity contribution in [2.45, 2.75) is 59.0 Å². The molecule has 0 amide bonds. The number of aliphatic hydroxyl groups excluding tert-OH is 1. The van der Waals surface area contributed by atoms with Crippen LogP contribution >= 0.6 is 0 Å². The van der Waals surface area contributed by atoms with Gasteiger partial charge in [-0.2, -0.15) is 0 Å². The van der Waals surface area contributed by atoms with E-state index in [2.05, 4.69) is 51.7 Å². The zero-order valence-electron chi connectivity index (χ0n) is 21.8. The molecule has 184 valence electrons. The third-order valence-corrected chi connectivity index (χ3v) is 5.80. The van der Waals surface area contributed by atoms with Crippen molar-refractivity contribution in [2.75, 3.05) is 41.0 Å². The largest absolute Gasteiger partial charge is 0.493 e. The van der Waals surface area contributed by atoms with Crippen LogP contribution in [-0.2, 0) is 11.8 Å². The number of likely N-dealkylation sites (N-methyl/N-ethyl adjacent to an activating group) is 1. The van der Waals surface area contributed by atoms with Crippen molar-refractivity contribution >= 4 is 0 Å². The highest BCUT2D eigenvalue weighted by molar-refractivity contribution is 5.43. The van der Waals surface area contributed by atoms with Gasteiger partial charge in [-0.1, -0.05) is 52.8 Å². The lowest BCUT2D eigenvalue weighted by atomic mass is 9.72. The summed E-state index contributed by atoms with van der Waals surface area (Å²) >= 11 is 0. The number of hydrogen-bond acceptors (Lipinski definition) is 5. The van der Waals surface area contributed by atoms with Crippen molar-refractivity contribution in [3.8, 4) is 17.2 Å². The van der Waals surface area contributed by atoms with Gasteiger partial charge in [-0.05, 0) is 66.1 Å². The standard InChI is InChI=1S/C28H43NO4/c1-27(2,3)20-28(4,5)22-10-12-24(13-11-22)33-19-23(30)18-29(6)16-15-21-9-14-25(31-7)26(17-21)32-8/h9-14,17,23,30H,15-16,18-20H2,1-8H3/t23-/m0/s1. The summed E-state index contributed by atoms with van der Waals surface area (Å²) in [5, 5.41) is 10.4. The molecule has 33 heavy (non-hydrogen) atoms. The lowest BCUT2D eigenvalue weighted by molar-refractivity contribution is 0.0766. The van der Waals surface area contributed by atoms with Gasteiger partial charge < -0.3 is 24.2 Å². The number of nitrogens with zero attached hydrogens (tertiary/aromatic N) is 1. The second kappa shape index (κ2) is 11.8.